The predicted octanol–water partition coefficient (Wildman–Crippen LogP) is 6.92. The quantitative estimate of drug-likeness (QED) is 0.337. The van der Waals surface area contributed by atoms with E-state index in [0.29, 0.717) is 21.3 Å². The number of ether oxygens (including phenoxy) is 1. The van der Waals surface area contributed by atoms with Crippen LogP contribution in [0.3, 0.4) is 0 Å². The second kappa shape index (κ2) is 13.5. The lowest BCUT2D eigenvalue weighted by Crippen LogP contribution is -2.37. The number of halogens is 5. The summed E-state index contributed by atoms with van der Waals surface area (Å²) < 4.78 is 37.9. The zero-order valence-electron chi connectivity index (χ0n) is 20.1. The van der Waals surface area contributed by atoms with Crippen molar-refractivity contribution in [2.75, 3.05) is 18.4 Å². The van der Waals surface area contributed by atoms with Crippen LogP contribution in [-0.4, -0.2) is 47.3 Å². The number of carbonyl (C=O) groups is 2. The van der Waals surface area contributed by atoms with Crippen LogP contribution in [-0.2, 0) is 11.3 Å². The van der Waals surface area contributed by atoms with Crippen molar-refractivity contribution in [1.82, 2.24) is 4.90 Å². The summed E-state index contributed by atoms with van der Waals surface area (Å²) in [6.45, 7) is 2.99. The molecule has 1 aliphatic rings. The molecule has 1 heterocycles. The van der Waals surface area contributed by atoms with Crippen molar-refractivity contribution in [3.63, 3.8) is 0 Å². The van der Waals surface area contributed by atoms with Gasteiger partial charge in [-0.25, -0.2) is 4.79 Å². The number of alkyl halides is 3. The van der Waals surface area contributed by atoms with E-state index in [-0.39, 0.29) is 12.0 Å². The molecule has 3 aromatic carbocycles. The average molecular weight is 569 g/mol. The van der Waals surface area contributed by atoms with E-state index in [0.717, 1.165) is 38.2 Å². The predicted molar refractivity (Wildman–Crippen MR) is 140 cm³/mol. The zero-order valence-corrected chi connectivity index (χ0v) is 21.6. The molecule has 1 amide bonds. The van der Waals surface area contributed by atoms with Gasteiger partial charge in [0, 0.05) is 37.0 Å². The molecule has 0 aliphatic carbocycles. The minimum atomic E-state index is -5.08. The molecule has 0 aromatic heterocycles. The van der Waals surface area contributed by atoms with Gasteiger partial charge in [0.05, 0.1) is 10.0 Å². The lowest BCUT2D eigenvalue weighted by atomic mass is 10.1. The first-order chi connectivity index (χ1) is 18.0. The highest BCUT2D eigenvalue weighted by atomic mass is 35.5. The average Bonchev–Trinajstić information content (AvgIpc) is 2.87. The van der Waals surface area contributed by atoms with Gasteiger partial charge in [-0.05, 0) is 48.7 Å². The summed E-state index contributed by atoms with van der Waals surface area (Å²) in [7, 11) is 0. The van der Waals surface area contributed by atoms with Gasteiger partial charge in [0.2, 0.25) is 0 Å². The number of amides is 1. The number of nitrogens with one attached hydrogen (secondary N) is 1. The first-order valence-electron chi connectivity index (χ1n) is 11.6. The number of aliphatic carboxylic acids is 1. The fourth-order valence-corrected chi connectivity index (χ4v) is 4.01. The van der Waals surface area contributed by atoms with Crippen LogP contribution in [0.2, 0.25) is 10.0 Å². The molecular weight excluding hydrogens is 544 g/mol. The Morgan fingerprint density at radius 3 is 2.21 bits per heavy atom. The standard InChI is InChI=1S/C25H24Cl2N2O2.C2HF3O2/c26-23-10-9-19(15-24(23)27)25(30)28-20-7-4-8-22(16-20)31-21-11-13-29(14-12-21)17-18-5-2-1-3-6-18;3-2(4,5)1(6)7/h1-10,15-16,21H,11-14,17H2,(H,28,30);(H,6,7). The molecule has 0 bridgehead atoms. The lowest BCUT2D eigenvalue weighted by molar-refractivity contribution is -0.192. The molecule has 0 unspecified atom stereocenters. The molecule has 4 rings (SSSR count). The SMILES string of the molecule is O=C(Nc1cccc(OC2CCN(Cc3ccccc3)CC2)c1)c1ccc(Cl)c(Cl)c1.O=C(O)C(F)(F)F. The van der Waals surface area contributed by atoms with Crippen molar-refractivity contribution in [3.05, 3.63) is 94.0 Å². The third kappa shape index (κ3) is 9.24. The number of anilines is 1. The fourth-order valence-electron chi connectivity index (χ4n) is 3.71. The first-order valence-corrected chi connectivity index (χ1v) is 12.4. The van der Waals surface area contributed by atoms with E-state index in [1.165, 1.54) is 5.56 Å². The highest BCUT2D eigenvalue weighted by molar-refractivity contribution is 6.42. The van der Waals surface area contributed by atoms with E-state index in [4.69, 9.17) is 37.8 Å². The summed E-state index contributed by atoms with van der Waals surface area (Å²) in [5, 5.41) is 10.8. The van der Waals surface area contributed by atoms with Gasteiger partial charge in [-0.3, -0.25) is 9.69 Å². The Morgan fingerprint density at radius 2 is 1.61 bits per heavy atom. The van der Waals surface area contributed by atoms with Crippen molar-refractivity contribution in [2.45, 2.75) is 31.7 Å². The Bertz CT molecular complexity index is 1230. The Labute approximate surface area is 227 Å². The van der Waals surface area contributed by atoms with E-state index in [1.807, 2.05) is 30.3 Å². The topological polar surface area (TPSA) is 78.9 Å². The Morgan fingerprint density at radius 1 is 0.947 bits per heavy atom. The van der Waals surface area contributed by atoms with Crippen molar-refractivity contribution in [2.24, 2.45) is 0 Å². The summed E-state index contributed by atoms with van der Waals surface area (Å²) in [6.07, 6.45) is -2.95. The minimum Gasteiger partial charge on any atom is -0.490 e. The van der Waals surface area contributed by atoms with E-state index < -0.39 is 12.1 Å². The van der Waals surface area contributed by atoms with Crippen LogP contribution >= 0.6 is 23.2 Å². The Hall–Kier alpha value is -3.27. The van der Waals surface area contributed by atoms with Gasteiger partial charge in [-0.2, -0.15) is 13.2 Å². The number of carbonyl (C=O) groups excluding carboxylic acids is 1. The summed E-state index contributed by atoms with van der Waals surface area (Å²) in [5.74, 6) is -2.24. The summed E-state index contributed by atoms with van der Waals surface area (Å²) >= 11 is 11.9. The third-order valence-corrected chi connectivity index (χ3v) is 6.34. The molecule has 0 spiro atoms. The molecule has 2 N–H and O–H groups in total. The molecule has 1 saturated heterocycles. The smallest absolute Gasteiger partial charge is 0.490 e. The lowest BCUT2D eigenvalue weighted by Gasteiger charge is -2.32. The molecule has 1 fully saturated rings. The zero-order chi connectivity index (χ0) is 27.7. The maximum absolute atomic E-state index is 12.5. The second-order valence-electron chi connectivity index (χ2n) is 8.49. The number of benzene rings is 3. The summed E-state index contributed by atoms with van der Waals surface area (Å²) in [4.78, 5) is 23.9. The van der Waals surface area contributed by atoms with Gasteiger partial charge in [0.1, 0.15) is 11.9 Å². The highest BCUT2D eigenvalue weighted by Crippen LogP contribution is 2.25. The van der Waals surface area contributed by atoms with Gasteiger partial charge in [0.15, 0.2) is 0 Å². The van der Waals surface area contributed by atoms with Crippen molar-refractivity contribution in [1.29, 1.82) is 0 Å². The van der Waals surface area contributed by atoms with Gasteiger partial charge >= 0.3 is 12.1 Å². The number of rotatable bonds is 6. The van der Waals surface area contributed by atoms with Gasteiger partial charge in [-0.15, -0.1) is 0 Å². The number of piperidine rings is 1. The molecule has 202 valence electrons. The van der Waals surface area contributed by atoms with Crippen LogP contribution in [0, 0.1) is 0 Å². The Kier molecular flexibility index (Phi) is 10.4. The van der Waals surface area contributed by atoms with Crippen LogP contribution in [0.4, 0.5) is 18.9 Å². The molecule has 3 aromatic rings. The van der Waals surface area contributed by atoms with Crippen LogP contribution in [0.1, 0.15) is 28.8 Å². The minimum absolute atomic E-state index is 0.174. The Balaban J connectivity index is 0.000000505. The maximum Gasteiger partial charge on any atom is 0.490 e. The molecule has 38 heavy (non-hydrogen) atoms. The van der Waals surface area contributed by atoms with Crippen LogP contribution in [0.15, 0.2) is 72.8 Å². The molecule has 0 atom stereocenters. The highest BCUT2D eigenvalue weighted by Gasteiger charge is 2.38. The van der Waals surface area contributed by atoms with Crippen molar-refractivity contribution in [3.8, 4) is 5.75 Å². The van der Waals surface area contributed by atoms with E-state index in [1.54, 1.807) is 18.2 Å². The fraction of sp³-hybridized carbons (Fsp3) is 0.259. The first kappa shape index (κ1) is 29.3. The maximum atomic E-state index is 12.5. The van der Waals surface area contributed by atoms with E-state index in [9.17, 15) is 18.0 Å². The number of likely N-dealkylation sites (tertiary alicyclic amines) is 1. The number of nitrogens with zero attached hydrogens (tertiary/aromatic N) is 1. The van der Waals surface area contributed by atoms with Gasteiger partial charge < -0.3 is 15.2 Å². The molecule has 1 aliphatic heterocycles. The van der Waals surface area contributed by atoms with Crippen molar-refractivity contribution >= 4 is 40.8 Å². The molecule has 11 heteroatoms. The van der Waals surface area contributed by atoms with Gasteiger partial charge in [-0.1, -0.05) is 59.6 Å². The van der Waals surface area contributed by atoms with Gasteiger partial charge in [0.25, 0.3) is 5.91 Å². The molecule has 0 saturated carbocycles. The number of hydrogen-bond acceptors (Lipinski definition) is 4. The van der Waals surface area contributed by atoms with E-state index >= 15 is 0 Å². The van der Waals surface area contributed by atoms with E-state index in [2.05, 4.69) is 34.5 Å². The van der Waals surface area contributed by atoms with Crippen LogP contribution in [0.5, 0.6) is 5.75 Å². The monoisotopic (exact) mass is 568 g/mol. The largest absolute Gasteiger partial charge is 0.490 e. The molecular formula is C27H25Cl2F3N2O4. The number of carboxylic acid groups (broad SMARTS) is 1. The molecule has 0 radical (unpaired) electrons. The second-order valence-corrected chi connectivity index (χ2v) is 9.31. The van der Waals surface area contributed by atoms with Crippen LogP contribution < -0.4 is 10.1 Å². The summed E-state index contributed by atoms with van der Waals surface area (Å²) in [5.41, 5.74) is 2.47. The summed E-state index contributed by atoms with van der Waals surface area (Å²) in [6, 6.07) is 22.9. The van der Waals surface area contributed by atoms with Crippen LogP contribution in [0.25, 0.3) is 0 Å². The number of carboxylic acids is 1. The normalized spacial score (nSPS) is 14.2. The molecule has 6 nitrogen and oxygen atoms in total. The van der Waals surface area contributed by atoms with Crippen molar-refractivity contribution < 1.29 is 32.6 Å². The number of hydrogen-bond donors (Lipinski definition) is 2. The third-order valence-electron chi connectivity index (χ3n) is 5.60.